The molecular weight excluding hydrogens is 220 g/mol. The van der Waals surface area contributed by atoms with Crippen molar-refractivity contribution in [2.75, 3.05) is 18.6 Å². The van der Waals surface area contributed by atoms with Gasteiger partial charge in [0.05, 0.1) is 12.8 Å². The molecule has 0 radical (unpaired) electrons. The average molecular weight is 231 g/mol. The Morgan fingerprint density at radius 1 is 1.57 bits per heavy atom. The van der Waals surface area contributed by atoms with Gasteiger partial charge in [0.2, 0.25) is 0 Å². The first-order valence-electron chi connectivity index (χ1n) is 4.46. The number of rotatable bonds is 2. The zero-order valence-electron chi connectivity index (χ0n) is 7.86. The van der Waals surface area contributed by atoms with Gasteiger partial charge in [-0.15, -0.1) is 5.10 Å². The van der Waals surface area contributed by atoms with E-state index in [1.165, 1.54) is 12.2 Å². The highest BCUT2D eigenvalue weighted by molar-refractivity contribution is 7.99. The molecular formula is C9H11ClN2OS. The van der Waals surface area contributed by atoms with Gasteiger partial charge in [0.1, 0.15) is 5.02 Å². The van der Waals surface area contributed by atoms with Crippen LogP contribution >= 0.6 is 23.4 Å². The maximum absolute atomic E-state index is 5.97. The molecule has 1 saturated heterocycles. The fraction of sp³-hybridized carbons (Fsp3) is 0.556. The average Bonchev–Trinajstić information content (AvgIpc) is 2.70. The van der Waals surface area contributed by atoms with Crippen molar-refractivity contribution in [2.24, 2.45) is 0 Å². The van der Waals surface area contributed by atoms with Crippen LogP contribution in [-0.4, -0.2) is 28.8 Å². The van der Waals surface area contributed by atoms with Crippen LogP contribution in [0.3, 0.4) is 0 Å². The zero-order valence-corrected chi connectivity index (χ0v) is 9.44. The van der Waals surface area contributed by atoms with Crippen LogP contribution in [0.2, 0.25) is 5.02 Å². The number of hydrogen-bond donors (Lipinski definition) is 0. The van der Waals surface area contributed by atoms with Crippen molar-refractivity contribution in [1.29, 1.82) is 0 Å². The molecule has 0 aliphatic carbocycles. The molecule has 0 amide bonds. The van der Waals surface area contributed by atoms with E-state index in [4.69, 9.17) is 16.3 Å². The SMILES string of the molecule is COc1nnc(C2CCSC2)cc1Cl. The maximum Gasteiger partial charge on any atom is 0.252 e. The van der Waals surface area contributed by atoms with E-state index in [1.807, 2.05) is 17.8 Å². The first kappa shape index (κ1) is 10.1. The first-order chi connectivity index (χ1) is 6.81. The summed E-state index contributed by atoms with van der Waals surface area (Å²) in [5.41, 5.74) is 0.987. The van der Waals surface area contributed by atoms with Crippen LogP contribution in [0.4, 0.5) is 0 Å². The van der Waals surface area contributed by atoms with Gasteiger partial charge in [0.15, 0.2) is 0 Å². The van der Waals surface area contributed by atoms with Crippen molar-refractivity contribution in [1.82, 2.24) is 10.2 Å². The number of thioether (sulfide) groups is 1. The van der Waals surface area contributed by atoms with Crippen molar-refractivity contribution in [3.05, 3.63) is 16.8 Å². The van der Waals surface area contributed by atoms with Gasteiger partial charge in [-0.25, -0.2) is 0 Å². The van der Waals surface area contributed by atoms with Crippen molar-refractivity contribution < 1.29 is 4.74 Å². The predicted molar refractivity (Wildman–Crippen MR) is 58.3 cm³/mol. The lowest BCUT2D eigenvalue weighted by Crippen LogP contribution is -2.02. The summed E-state index contributed by atoms with van der Waals surface area (Å²) in [6.45, 7) is 0. The second kappa shape index (κ2) is 4.36. The molecule has 0 aromatic carbocycles. The number of ether oxygens (including phenoxy) is 1. The van der Waals surface area contributed by atoms with Crippen LogP contribution in [0.1, 0.15) is 18.0 Å². The smallest absolute Gasteiger partial charge is 0.252 e. The van der Waals surface area contributed by atoms with E-state index in [1.54, 1.807) is 7.11 Å². The van der Waals surface area contributed by atoms with Crippen LogP contribution in [0.15, 0.2) is 6.07 Å². The Labute approximate surface area is 92.2 Å². The second-order valence-corrected chi connectivity index (χ2v) is 4.74. The lowest BCUT2D eigenvalue weighted by Gasteiger charge is -2.08. The summed E-state index contributed by atoms with van der Waals surface area (Å²) in [7, 11) is 1.54. The summed E-state index contributed by atoms with van der Waals surface area (Å²) in [5, 5.41) is 8.60. The van der Waals surface area contributed by atoms with Gasteiger partial charge >= 0.3 is 0 Å². The van der Waals surface area contributed by atoms with Crippen LogP contribution in [-0.2, 0) is 0 Å². The zero-order chi connectivity index (χ0) is 9.97. The molecule has 1 aliphatic heterocycles. The molecule has 2 heterocycles. The third-order valence-electron chi connectivity index (χ3n) is 2.28. The normalized spacial score (nSPS) is 21.1. The molecule has 0 saturated carbocycles. The molecule has 0 bridgehead atoms. The summed E-state index contributed by atoms with van der Waals surface area (Å²) in [6.07, 6.45) is 1.17. The molecule has 2 rings (SSSR count). The van der Waals surface area contributed by atoms with E-state index in [-0.39, 0.29) is 0 Å². The fourth-order valence-corrected chi connectivity index (χ4v) is 2.94. The van der Waals surface area contributed by atoms with Gasteiger partial charge in [-0.1, -0.05) is 11.6 Å². The Kier molecular flexibility index (Phi) is 3.13. The van der Waals surface area contributed by atoms with Gasteiger partial charge in [-0.3, -0.25) is 0 Å². The molecule has 0 N–H and O–H groups in total. The van der Waals surface area contributed by atoms with Crippen LogP contribution in [0, 0.1) is 0 Å². The minimum absolute atomic E-state index is 0.404. The van der Waals surface area contributed by atoms with Crippen LogP contribution < -0.4 is 4.74 Å². The van der Waals surface area contributed by atoms with Gasteiger partial charge in [-0.05, 0) is 18.2 Å². The molecule has 14 heavy (non-hydrogen) atoms. The van der Waals surface area contributed by atoms with E-state index in [2.05, 4.69) is 10.2 Å². The third kappa shape index (κ3) is 1.96. The molecule has 76 valence electrons. The highest BCUT2D eigenvalue weighted by Crippen LogP contribution is 2.33. The summed E-state index contributed by atoms with van der Waals surface area (Å²) < 4.78 is 4.95. The van der Waals surface area contributed by atoms with Crippen LogP contribution in [0.25, 0.3) is 0 Å². The van der Waals surface area contributed by atoms with E-state index < -0.39 is 0 Å². The summed E-state index contributed by atoms with van der Waals surface area (Å²) in [4.78, 5) is 0. The monoisotopic (exact) mass is 230 g/mol. The van der Waals surface area contributed by atoms with Gasteiger partial charge < -0.3 is 4.74 Å². The van der Waals surface area contributed by atoms with Crippen molar-refractivity contribution in [2.45, 2.75) is 12.3 Å². The van der Waals surface area contributed by atoms with Crippen LogP contribution in [0.5, 0.6) is 5.88 Å². The first-order valence-corrected chi connectivity index (χ1v) is 5.99. The second-order valence-electron chi connectivity index (χ2n) is 3.19. The van der Waals surface area contributed by atoms with Gasteiger partial charge in [-0.2, -0.15) is 16.9 Å². The number of hydrogen-bond acceptors (Lipinski definition) is 4. The molecule has 0 spiro atoms. The Bertz CT molecular complexity index is 329. The predicted octanol–water partition coefficient (Wildman–Crippen LogP) is 2.36. The Morgan fingerprint density at radius 3 is 3.00 bits per heavy atom. The molecule has 1 aromatic rings. The highest BCUT2D eigenvalue weighted by atomic mass is 35.5. The summed E-state index contributed by atoms with van der Waals surface area (Å²) in [6, 6.07) is 1.87. The number of halogens is 1. The lowest BCUT2D eigenvalue weighted by molar-refractivity contribution is 0.391. The quantitative estimate of drug-likeness (QED) is 0.782. The molecule has 1 atom stereocenters. The Hall–Kier alpha value is -0.480. The van der Waals surface area contributed by atoms with Gasteiger partial charge in [0.25, 0.3) is 5.88 Å². The Morgan fingerprint density at radius 2 is 2.43 bits per heavy atom. The van der Waals surface area contributed by atoms with E-state index >= 15 is 0 Å². The summed E-state index contributed by atoms with van der Waals surface area (Å²) >= 11 is 7.92. The maximum atomic E-state index is 5.97. The number of methoxy groups -OCH3 is 1. The minimum Gasteiger partial charge on any atom is -0.479 e. The van der Waals surface area contributed by atoms with E-state index in [0.29, 0.717) is 16.8 Å². The molecule has 5 heteroatoms. The lowest BCUT2D eigenvalue weighted by atomic mass is 10.1. The third-order valence-corrected chi connectivity index (χ3v) is 3.71. The fourth-order valence-electron chi connectivity index (χ4n) is 1.48. The van der Waals surface area contributed by atoms with Crippen molar-refractivity contribution >= 4 is 23.4 Å². The Balaban J connectivity index is 2.23. The molecule has 1 aliphatic rings. The highest BCUT2D eigenvalue weighted by Gasteiger charge is 2.20. The van der Waals surface area contributed by atoms with E-state index in [0.717, 1.165) is 11.4 Å². The summed E-state index contributed by atoms with van der Waals surface area (Å²) in [5.74, 6) is 3.24. The van der Waals surface area contributed by atoms with E-state index in [9.17, 15) is 0 Å². The molecule has 3 nitrogen and oxygen atoms in total. The van der Waals surface area contributed by atoms with Crippen molar-refractivity contribution in [3.63, 3.8) is 0 Å². The molecule has 1 unspecified atom stereocenters. The topological polar surface area (TPSA) is 35.0 Å². The number of aromatic nitrogens is 2. The van der Waals surface area contributed by atoms with Gasteiger partial charge in [0, 0.05) is 11.7 Å². The number of nitrogens with zero attached hydrogens (tertiary/aromatic N) is 2. The standard InChI is InChI=1S/C9H11ClN2OS/c1-13-9-7(10)4-8(11-12-9)6-2-3-14-5-6/h4,6H,2-3,5H2,1H3. The molecule has 1 aromatic heterocycles. The largest absolute Gasteiger partial charge is 0.479 e. The van der Waals surface area contributed by atoms with Crippen molar-refractivity contribution in [3.8, 4) is 5.88 Å². The molecule has 1 fully saturated rings. The minimum atomic E-state index is 0.404.